The Hall–Kier alpha value is -2.08. The molecule has 0 unspecified atom stereocenters. The Kier molecular flexibility index (Phi) is 11.0. The van der Waals surface area contributed by atoms with E-state index in [-0.39, 0.29) is 61.0 Å². The molecule has 0 aromatic heterocycles. The monoisotopic (exact) mass is 572 g/mol. The minimum atomic E-state index is -4.68. The molecule has 0 aliphatic carbocycles. The van der Waals surface area contributed by atoms with E-state index >= 15 is 0 Å². The normalized spacial score (nSPS) is 11.5. The fraction of sp³-hybridized carbons (Fsp3) is 0.300. The average molecular weight is 573 g/mol. The van der Waals surface area contributed by atoms with E-state index in [1.807, 2.05) is 0 Å². The molecule has 31 heavy (non-hydrogen) atoms. The van der Waals surface area contributed by atoms with Crippen molar-refractivity contribution in [1.82, 2.24) is 16.0 Å². The van der Waals surface area contributed by atoms with Gasteiger partial charge in [-0.05, 0) is 36.8 Å². The summed E-state index contributed by atoms with van der Waals surface area (Å²) in [6.07, 6.45) is -4.68. The number of alkyl halides is 3. The number of aliphatic imine (C=N–C) groups is 1. The quantitative estimate of drug-likeness (QED) is 0.149. The van der Waals surface area contributed by atoms with E-state index in [4.69, 9.17) is 11.6 Å². The maximum atomic E-state index is 13.2. The first-order valence-corrected chi connectivity index (χ1v) is 9.50. The third-order valence-electron chi connectivity index (χ3n) is 3.95. The molecular weight excluding hydrogens is 551 g/mol. The number of carbonyl (C=O) groups excluding carboxylic acids is 1. The van der Waals surface area contributed by atoms with Crippen molar-refractivity contribution in [2.45, 2.75) is 19.6 Å². The van der Waals surface area contributed by atoms with Crippen LogP contribution in [0, 0.1) is 5.82 Å². The second kappa shape index (κ2) is 12.7. The van der Waals surface area contributed by atoms with E-state index in [2.05, 4.69) is 20.9 Å². The van der Waals surface area contributed by atoms with Crippen molar-refractivity contribution in [2.75, 3.05) is 19.6 Å². The maximum Gasteiger partial charge on any atom is 0.416 e. The number of rotatable bonds is 7. The summed E-state index contributed by atoms with van der Waals surface area (Å²) in [5.74, 6) is -1.04. The largest absolute Gasteiger partial charge is 0.416 e. The smallest absolute Gasteiger partial charge is 0.357 e. The summed E-state index contributed by atoms with van der Waals surface area (Å²) >= 11 is 5.97. The van der Waals surface area contributed by atoms with Crippen LogP contribution in [0.25, 0.3) is 0 Å². The molecule has 11 heteroatoms. The summed E-state index contributed by atoms with van der Waals surface area (Å²) in [4.78, 5) is 16.2. The molecule has 2 rings (SSSR count). The van der Waals surface area contributed by atoms with Crippen LogP contribution in [-0.4, -0.2) is 31.5 Å². The summed E-state index contributed by atoms with van der Waals surface area (Å²) in [5, 5.41) is 8.84. The molecule has 1 amide bonds. The molecule has 0 heterocycles. The van der Waals surface area contributed by atoms with E-state index in [1.54, 1.807) is 31.2 Å². The van der Waals surface area contributed by atoms with Crippen LogP contribution in [0.4, 0.5) is 17.6 Å². The lowest BCUT2D eigenvalue weighted by atomic mass is 10.1. The van der Waals surface area contributed by atoms with Gasteiger partial charge >= 0.3 is 6.18 Å². The van der Waals surface area contributed by atoms with Crippen LogP contribution in [0.1, 0.15) is 28.4 Å². The van der Waals surface area contributed by atoms with Crippen LogP contribution in [0.5, 0.6) is 0 Å². The number of guanidine groups is 1. The lowest BCUT2D eigenvalue weighted by Gasteiger charge is -2.14. The van der Waals surface area contributed by atoms with Gasteiger partial charge in [-0.1, -0.05) is 29.8 Å². The fourth-order valence-corrected chi connectivity index (χ4v) is 2.78. The Balaban J connectivity index is 0.00000480. The summed E-state index contributed by atoms with van der Waals surface area (Å²) in [6, 6.07) is 9.09. The topological polar surface area (TPSA) is 65.5 Å². The Labute approximate surface area is 199 Å². The second-order valence-electron chi connectivity index (χ2n) is 6.16. The Bertz CT molecular complexity index is 909. The van der Waals surface area contributed by atoms with E-state index in [0.717, 1.165) is 12.1 Å². The van der Waals surface area contributed by atoms with Crippen molar-refractivity contribution < 1.29 is 22.4 Å². The highest BCUT2D eigenvalue weighted by molar-refractivity contribution is 14.0. The first kappa shape index (κ1) is 27.0. The Morgan fingerprint density at radius 1 is 1.06 bits per heavy atom. The highest BCUT2D eigenvalue weighted by Gasteiger charge is 2.33. The number of nitrogens with zero attached hydrogens (tertiary/aromatic N) is 1. The molecule has 0 aliphatic rings. The molecule has 5 nitrogen and oxygen atoms in total. The zero-order valence-electron chi connectivity index (χ0n) is 16.5. The van der Waals surface area contributed by atoms with Gasteiger partial charge in [0.25, 0.3) is 5.91 Å². The molecule has 3 N–H and O–H groups in total. The molecule has 0 radical (unpaired) electrons. The van der Waals surface area contributed by atoms with Gasteiger partial charge in [0, 0.05) is 19.6 Å². The molecule has 0 aliphatic heterocycles. The van der Waals surface area contributed by atoms with E-state index in [0.29, 0.717) is 23.2 Å². The number of halogens is 6. The standard InChI is InChI=1S/C20H21ClF4N4O.HI/c1-2-26-19(28-10-9-27-18(30)15-5-3-4-6-17(15)21)29-12-13-7-8-14(22)11-16(13)20(23,24)25;/h3-8,11H,2,9-10,12H2,1H3,(H,27,30)(H2,26,28,29);1H. The summed E-state index contributed by atoms with van der Waals surface area (Å²) in [7, 11) is 0. The number of hydrogen-bond acceptors (Lipinski definition) is 2. The van der Waals surface area contributed by atoms with Crippen LogP contribution in [0.3, 0.4) is 0 Å². The van der Waals surface area contributed by atoms with Crippen molar-refractivity contribution in [3.05, 3.63) is 70.0 Å². The van der Waals surface area contributed by atoms with Crippen LogP contribution < -0.4 is 16.0 Å². The van der Waals surface area contributed by atoms with E-state index in [1.165, 1.54) is 0 Å². The van der Waals surface area contributed by atoms with Crippen molar-refractivity contribution >= 4 is 47.4 Å². The van der Waals surface area contributed by atoms with Crippen LogP contribution in [0.15, 0.2) is 47.5 Å². The fourth-order valence-electron chi connectivity index (χ4n) is 2.55. The molecule has 2 aromatic carbocycles. The van der Waals surface area contributed by atoms with Crippen molar-refractivity contribution in [2.24, 2.45) is 4.99 Å². The number of hydrogen-bond donors (Lipinski definition) is 3. The highest BCUT2D eigenvalue weighted by Crippen LogP contribution is 2.32. The van der Waals surface area contributed by atoms with Crippen molar-refractivity contribution in [3.63, 3.8) is 0 Å². The van der Waals surface area contributed by atoms with Gasteiger partial charge in [0.05, 0.1) is 22.7 Å². The van der Waals surface area contributed by atoms with E-state index < -0.39 is 17.6 Å². The Morgan fingerprint density at radius 3 is 2.39 bits per heavy atom. The maximum absolute atomic E-state index is 13.2. The summed E-state index contributed by atoms with van der Waals surface area (Å²) in [6.45, 7) is 2.50. The predicted octanol–water partition coefficient (Wildman–Crippen LogP) is 4.60. The molecule has 0 bridgehead atoms. The third-order valence-corrected chi connectivity index (χ3v) is 4.28. The minimum absolute atomic E-state index is 0. The SMILES string of the molecule is CCNC(=NCc1ccc(F)cc1C(F)(F)F)NCCNC(=O)c1ccccc1Cl.I. The first-order valence-electron chi connectivity index (χ1n) is 9.13. The van der Waals surface area contributed by atoms with Gasteiger partial charge < -0.3 is 16.0 Å². The van der Waals surface area contributed by atoms with Gasteiger partial charge in [-0.15, -0.1) is 24.0 Å². The van der Waals surface area contributed by atoms with Gasteiger partial charge in [0.1, 0.15) is 5.82 Å². The average Bonchev–Trinajstić information content (AvgIpc) is 2.69. The first-order chi connectivity index (χ1) is 14.2. The number of amides is 1. The van der Waals surface area contributed by atoms with E-state index in [9.17, 15) is 22.4 Å². The van der Waals surface area contributed by atoms with Crippen LogP contribution in [-0.2, 0) is 12.7 Å². The minimum Gasteiger partial charge on any atom is -0.357 e. The molecule has 0 fully saturated rings. The Morgan fingerprint density at radius 2 is 1.74 bits per heavy atom. The zero-order valence-corrected chi connectivity index (χ0v) is 19.6. The third kappa shape index (κ3) is 8.52. The van der Waals surface area contributed by atoms with Gasteiger partial charge in [-0.3, -0.25) is 4.79 Å². The molecule has 170 valence electrons. The molecule has 0 spiro atoms. The molecule has 0 saturated heterocycles. The second-order valence-corrected chi connectivity index (χ2v) is 6.56. The number of nitrogens with one attached hydrogen (secondary N) is 3. The molecule has 0 atom stereocenters. The van der Waals surface area contributed by atoms with Crippen LogP contribution in [0.2, 0.25) is 5.02 Å². The number of carbonyl (C=O) groups is 1. The summed E-state index contributed by atoms with van der Waals surface area (Å²) in [5.41, 5.74) is -0.863. The predicted molar refractivity (Wildman–Crippen MR) is 123 cm³/mol. The van der Waals surface area contributed by atoms with Crippen molar-refractivity contribution in [1.29, 1.82) is 0 Å². The van der Waals surface area contributed by atoms with Crippen molar-refractivity contribution in [3.8, 4) is 0 Å². The highest BCUT2D eigenvalue weighted by atomic mass is 127. The summed E-state index contributed by atoms with van der Waals surface area (Å²) < 4.78 is 52.5. The van der Waals surface area contributed by atoms with Gasteiger partial charge in [0.15, 0.2) is 5.96 Å². The van der Waals surface area contributed by atoms with Gasteiger partial charge in [-0.25, -0.2) is 9.38 Å². The van der Waals surface area contributed by atoms with Crippen LogP contribution >= 0.6 is 35.6 Å². The van der Waals surface area contributed by atoms with Gasteiger partial charge in [0.2, 0.25) is 0 Å². The van der Waals surface area contributed by atoms with Gasteiger partial charge in [-0.2, -0.15) is 13.2 Å². The lowest BCUT2D eigenvalue weighted by molar-refractivity contribution is -0.138. The molecule has 0 saturated carbocycles. The molecular formula is C20H22ClF4IN4O. The zero-order chi connectivity index (χ0) is 22.1. The lowest BCUT2D eigenvalue weighted by Crippen LogP contribution is -2.41. The number of benzene rings is 2. The molecule has 2 aromatic rings.